The molecule has 1 fully saturated rings. The maximum Gasteiger partial charge on any atom is 0.149 e. The molecule has 1 saturated carbocycles. The van der Waals surface area contributed by atoms with E-state index in [1.807, 2.05) is 0 Å². The fourth-order valence-corrected chi connectivity index (χ4v) is 2.45. The van der Waals surface area contributed by atoms with E-state index in [2.05, 4.69) is 17.2 Å². The van der Waals surface area contributed by atoms with Crippen molar-refractivity contribution in [3.63, 3.8) is 0 Å². The van der Waals surface area contributed by atoms with Gasteiger partial charge in [-0.15, -0.1) is 0 Å². The SMILES string of the molecule is CC1CCCCC1Nc1ncc(Cl)cc1N. The van der Waals surface area contributed by atoms with E-state index in [0.717, 1.165) is 5.82 Å². The van der Waals surface area contributed by atoms with Crippen molar-refractivity contribution in [2.75, 3.05) is 11.1 Å². The van der Waals surface area contributed by atoms with E-state index < -0.39 is 0 Å². The predicted molar refractivity (Wildman–Crippen MR) is 68.7 cm³/mol. The van der Waals surface area contributed by atoms with Crippen molar-refractivity contribution in [2.45, 2.75) is 38.6 Å². The highest BCUT2D eigenvalue weighted by atomic mass is 35.5. The van der Waals surface area contributed by atoms with Gasteiger partial charge in [-0.05, 0) is 24.8 Å². The van der Waals surface area contributed by atoms with E-state index in [1.54, 1.807) is 12.3 Å². The van der Waals surface area contributed by atoms with Crippen LogP contribution < -0.4 is 11.1 Å². The molecule has 3 N–H and O–H groups in total. The van der Waals surface area contributed by atoms with E-state index in [-0.39, 0.29) is 0 Å². The van der Waals surface area contributed by atoms with Gasteiger partial charge in [-0.1, -0.05) is 31.4 Å². The molecule has 0 amide bonds. The third kappa shape index (κ3) is 2.59. The summed E-state index contributed by atoms with van der Waals surface area (Å²) in [5, 5.41) is 4.01. The van der Waals surface area contributed by atoms with Crippen molar-refractivity contribution in [3.05, 3.63) is 17.3 Å². The monoisotopic (exact) mass is 239 g/mol. The van der Waals surface area contributed by atoms with Gasteiger partial charge < -0.3 is 11.1 Å². The molecule has 1 aliphatic carbocycles. The molecule has 1 aliphatic rings. The third-order valence-corrected chi connectivity index (χ3v) is 3.52. The van der Waals surface area contributed by atoms with Crippen LogP contribution in [-0.4, -0.2) is 11.0 Å². The highest BCUT2D eigenvalue weighted by Crippen LogP contribution is 2.28. The average Bonchev–Trinajstić information content (AvgIpc) is 2.25. The topological polar surface area (TPSA) is 50.9 Å². The molecule has 0 saturated heterocycles. The Morgan fingerprint density at radius 2 is 2.19 bits per heavy atom. The fourth-order valence-electron chi connectivity index (χ4n) is 2.28. The Morgan fingerprint density at radius 3 is 2.88 bits per heavy atom. The van der Waals surface area contributed by atoms with Crippen LogP contribution in [0.15, 0.2) is 12.3 Å². The maximum absolute atomic E-state index is 5.87. The zero-order valence-electron chi connectivity index (χ0n) is 9.54. The average molecular weight is 240 g/mol. The Balaban J connectivity index is 2.07. The van der Waals surface area contributed by atoms with Crippen molar-refractivity contribution in [2.24, 2.45) is 5.92 Å². The van der Waals surface area contributed by atoms with E-state index in [4.69, 9.17) is 17.3 Å². The molecule has 1 heterocycles. The minimum absolute atomic E-state index is 0.490. The van der Waals surface area contributed by atoms with Crippen LogP contribution in [0.2, 0.25) is 5.02 Å². The number of nitrogen functional groups attached to an aromatic ring is 1. The number of nitrogens with two attached hydrogens (primary N) is 1. The van der Waals surface area contributed by atoms with Gasteiger partial charge in [0.15, 0.2) is 0 Å². The van der Waals surface area contributed by atoms with E-state index in [9.17, 15) is 0 Å². The number of hydrogen-bond donors (Lipinski definition) is 2. The summed E-state index contributed by atoms with van der Waals surface area (Å²) in [5.74, 6) is 1.45. The summed E-state index contributed by atoms with van der Waals surface area (Å²) >= 11 is 5.82. The van der Waals surface area contributed by atoms with Gasteiger partial charge in [-0.3, -0.25) is 0 Å². The fraction of sp³-hybridized carbons (Fsp3) is 0.583. The minimum Gasteiger partial charge on any atom is -0.396 e. The molecule has 2 rings (SSSR count). The molecule has 1 aromatic rings. The van der Waals surface area contributed by atoms with Crippen LogP contribution in [0.3, 0.4) is 0 Å². The Kier molecular flexibility index (Phi) is 3.54. The summed E-state index contributed by atoms with van der Waals surface area (Å²) < 4.78 is 0. The largest absolute Gasteiger partial charge is 0.396 e. The molecule has 3 nitrogen and oxygen atoms in total. The minimum atomic E-state index is 0.490. The summed E-state index contributed by atoms with van der Waals surface area (Å²) in [6.07, 6.45) is 6.74. The van der Waals surface area contributed by atoms with Gasteiger partial charge in [0.05, 0.1) is 10.7 Å². The Morgan fingerprint density at radius 1 is 1.44 bits per heavy atom. The molecule has 0 radical (unpaired) electrons. The van der Waals surface area contributed by atoms with Crippen molar-refractivity contribution in [3.8, 4) is 0 Å². The standard InChI is InChI=1S/C12H18ClN3/c1-8-4-2-3-5-11(8)16-12-10(14)6-9(13)7-15-12/h6-8,11H,2-5,14H2,1H3,(H,15,16). The number of halogens is 1. The number of aromatic nitrogens is 1. The lowest BCUT2D eigenvalue weighted by Gasteiger charge is -2.30. The lowest BCUT2D eigenvalue weighted by atomic mass is 9.86. The smallest absolute Gasteiger partial charge is 0.149 e. The molecule has 0 spiro atoms. The molecule has 0 bridgehead atoms. The Hall–Kier alpha value is -0.960. The van der Waals surface area contributed by atoms with Gasteiger partial charge in [-0.25, -0.2) is 4.98 Å². The second-order valence-electron chi connectivity index (χ2n) is 4.60. The van der Waals surface area contributed by atoms with Crippen molar-refractivity contribution >= 4 is 23.1 Å². The molecule has 0 aromatic carbocycles. The highest BCUT2D eigenvalue weighted by molar-refractivity contribution is 6.30. The van der Waals surface area contributed by atoms with Gasteiger partial charge in [0.2, 0.25) is 0 Å². The molecule has 4 heteroatoms. The lowest BCUT2D eigenvalue weighted by molar-refractivity contribution is 0.349. The molecule has 2 atom stereocenters. The van der Waals surface area contributed by atoms with Crippen LogP contribution in [0, 0.1) is 5.92 Å². The molecular formula is C12H18ClN3. The lowest BCUT2D eigenvalue weighted by Crippen LogP contribution is -2.31. The first-order chi connectivity index (χ1) is 7.66. The van der Waals surface area contributed by atoms with Gasteiger partial charge in [0.25, 0.3) is 0 Å². The maximum atomic E-state index is 5.87. The number of hydrogen-bond acceptors (Lipinski definition) is 3. The molecule has 1 aromatic heterocycles. The molecular weight excluding hydrogens is 222 g/mol. The van der Waals surface area contributed by atoms with Gasteiger partial charge >= 0.3 is 0 Å². The zero-order chi connectivity index (χ0) is 11.5. The highest BCUT2D eigenvalue weighted by Gasteiger charge is 2.21. The number of rotatable bonds is 2. The quantitative estimate of drug-likeness (QED) is 0.833. The molecule has 88 valence electrons. The van der Waals surface area contributed by atoms with Crippen LogP contribution in [0.5, 0.6) is 0 Å². The summed E-state index contributed by atoms with van der Waals surface area (Å²) in [7, 11) is 0. The van der Waals surface area contributed by atoms with E-state index in [1.165, 1.54) is 25.7 Å². The van der Waals surface area contributed by atoms with Crippen LogP contribution in [0.4, 0.5) is 11.5 Å². The third-order valence-electron chi connectivity index (χ3n) is 3.32. The number of pyridine rings is 1. The Labute approximate surface area is 101 Å². The Bertz CT molecular complexity index is 367. The second kappa shape index (κ2) is 4.91. The van der Waals surface area contributed by atoms with E-state index >= 15 is 0 Å². The predicted octanol–water partition coefficient (Wildman–Crippen LogP) is 3.31. The van der Waals surface area contributed by atoms with Gasteiger partial charge in [0.1, 0.15) is 5.82 Å². The number of nitrogens with zero attached hydrogens (tertiary/aromatic N) is 1. The van der Waals surface area contributed by atoms with Crippen molar-refractivity contribution in [1.82, 2.24) is 4.98 Å². The first-order valence-electron chi connectivity index (χ1n) is 5.84. The summed E-state index contributed by atoms with van der Waals surface area (Å²) in [5.41, 5.74) is 6.50. The zero-order valence-corrected chi connectivity index (χ0v) is 10.3. The first kappa shape index (κ1) is 11.5. The van der Waals surface area contributed by atoms with Crippen LogP contribution in [0.1, 0.15) is 32.6 Å². The van der Waals surface area contributed by atoms with Crippen LogP contribution in [0.25, 0.3) is 0 Å². The molecule has 16 heavy (non-hydrogen) atoms. The summed E-state index contributed by atoms with van der Waals surface area (Å²) in [6, 6.07) is 2.23. The van der Waals surface area contributed by atoms with Crippen molar-refractivity contribution in [1.29, 1.82) is 0 Å². The molecule has 0 aliphatic heterocycles. The summed E-state index contributed by atoms with van der Waals surface area (Å²) in [6.45, 7) is 2.28. The normalized spacial score (nSPS) is 25.4. The van der Waals surface area contributed by atoms with E-state index in [0.29, 0.717) is 22.7 Å². The number of nitrogens with one attached hydrogen (secondary N) is 1. The van der Waals surface area contributed by atoms with Crippen molar-refractivity contribution < 1.29 is 0 Å². The second-order valence-corrected chi connectivity index (χ2v) is 5.04. The van der Waals surface area contributed by atoms with Crippen LogP contribution >= 0.6 is 11.6 Å². The summed E-state index contributed by atoms with van der Waals surface area (Å²) in [4.78, 5) is 4.24. The molecule has 2 unspecified atom stereocenters. The van der Waals surface area contributed by atoms with Crippen LogP contribution in [-0.2, 0) is 0 Å². The van der Waals surface area contributed by atoms with Gasteiger partial charge in [0, 0.05) is 12.2 Å². The van der Waals surface area contributed by atoms with Gasteiger partial charge in [-0.2, -0.15) is 0 Å². The first-order valence-corrected chi connectivity index (χ1v) is 6.22. The number of anilines is 2.